The van der Waals surface area contributed by atoms with Crippen LogP contribution in [0.15, 0.2) is 0 Å². The minimum atomic E-state index is -2.40. The van der Waals surface area contributed by atoms with E-state index in [9.17, 15) is 5.11 Å². The Morgan fingerprint density at radius 3 is 1.48 bits per heavy atom. The zero-order chi connectivity index (χ0) is 24.5. The molecule has 0 spiro atoms. The number of hydrogen-bond acceptors (Lipinski definition) is 4. The second-order valence-electron chi connectivity index (χ2n) is 11.2. The van der Waals surface area contributed by atoms with Crippen LogP contribution in [0.25, 0.3) is 0 Å². The van der Waals surface area contributed by atoms with Crippen LogP contribution in [0.4, 0.5) is 4.39 Å². The van der Waals surface area contributed by atoms with Gasteiger partial charge in [-0.25, -0.2) is 4.39 Å². The van der Waals surface area contributed by atoms with E-state index in [1.165, 1.54) is 0 Å². The molecule has 1 rings (SSSR count). The molecular formula is C23H48BrFO4Si2. The molecule has 0 saturated carbocycles. The Bertz CT molecular complexity index is 526. The lowest BCUT2D eigenvalue weighted by molar-refractivity contribution is -0.124. The summed E-state index contributed by atoms with van der Waals surface area (Å²) in [6.45, 7) is 26.6. The highest BCUT2D eigenvalue weighted by Crippen LogP contribution is 2.50. The van der Waals surface area contributed by atoms with E-state index in [2.05, 4.69) is 99.0 Å². The van der Waals surface area contributed by atoms with Gasteiger partial charge in [0.15, 0.2) is 8.32 Å². The second-order valence-corrected chi connectivity index (χ2v) is 23.3. The maximum Gasteiger partial charge on any atom is 0.242 e. The molecule has 1 N–H and O–H groups in total. The maximum absolute atomic E-state index is 15.7. The van der Waals surface area contributed by atoms with Crippen molar-refractivity contribution in [1.29, 1.82) is 0 Å². The SMILES string of the molecule is CC(C)[Si](OC[C@H]1OC(O)[C@@](F)(Br)[C@@H]1O[Si](C(C)C)(C(C)C)C(C)C)(C(C)C)C(C)C. The first-order valence-corrected chi connectivity index (χ1v) is 17.1. The molecule has 1 aliphatic heterocycles. The molecule has 0 bridgehead atoms. The Morgan fingerprint density at radius 1 is 0.806 bits per heavy atom. The fraction of sp³-hybridized carbons (Fsp3) is 1.00. The molecule has 186 valence electrons. The molecule has 8 heteroatoms. The molecule has 0 aromatic rings. The van der Waals surface area contributed by atoms with Crippen LogP contribution >= 0.6 is 15.9 Å². The Balaban J connectivity index is 3.32. The fourth-order valence-corrected chi connectivity index (χ4v) is 18.1. The number of ether oxygens (including phenoxy) is 1. The van der Waals surface area contributed by atoms with Gasteiger partial charge in [-0.05, 0) is 49.2 Å². The summed E-state index contributed by atoms with van der Waals surface area (Å²) < 4.78 is 32.8. The van der Waals surface area contributed by atoms with Gasteiger partial charge < -0.3 is 18.7 Å². The molecule has 31 heavy (non-hydrogen) atoms. The maximum atomic E-state index is 15.7. The molecule has 1 aliphatic rings. The Kier molecular flexibility index (Phi) is 10.5. The lowest BCUT2D eigenvalue weighted by Crippen LogP contribution is -2.56. The van der Waals surface area contributed by atoms with Crippen LogP contribution in [0.2, 0.25) is 33.2 Å². The number of halogens is 2. The molecule has 4 atom stereocenters. The molecule has 0 aromatic heterocycles. The van der Waals surface area contributed by atoms with E-state index in [0.29, 0.717) is 33.2 Å². The van der Waals surface area contributed by atoms with Crippen LogP contribution < -0.4 is 0 Å². The van der Waals surface area contributed by atoms with Crippen molar-refractivity contribution in [2.75, 3.05) is 6.61 Å². The van der Waals surface area contributed by atoms with Crippen molar-refractivity contribution in [2.45, 2.75) is 139 Å². The van der Waals surface area contributed by atoms with Gasteiger partial charge in [0.2, 0.25) is 19.2 Å². The van der Waals surface area contributed by atoms with Crippen LogP contribution in [0.3, 0.4) is 0 Å². The molecule has 4 nitrogen and oxygen atoms in total. The highest BCUT2D eigenvalue weighted by molar-refractivity contribution is 9.10. The van der Waals surface area contributed by atoms with Gasteiger partial charge in [0, 0.05) is 0 Å². The summed E-state index contributed by atoms with van der Waals surface area (Å²) in [5.41, 5.74) is 2.12. The molecule has 1 saturated heterocycles. The summed E-state index contributed by atoms with van der Waals surface area (Å²) in [4.78, 5) is 0. The third-order valence-electron chi connectivity index (χ3n) is 7.59. The number of alkyl halides is 2. The van der Waals surface area contributed by atoms with Crippen molar-refractivity contribution < 1.29 is 23.1 Å². The van der Waals surface area contributed by atoms with Crippen molar-refractivity contribution >= 4 is 32.6 Å². The summed E-state index contributed by atoms with van der Waals surface area (Å²) in [5.74, 6) is 0. The van der Waals surface area contributed by atoms with Crippen LogP contribution in [0.1, 0.15) is 83.1 Å². The van der Waals surface area contributed by atoms with Gasteiger partial charge in [-0.3, -0.25) is 0 Å². The lowest BCUT2D eigenvalue weighted by atomic mass is 10.2. The van der Waals surface area contributed by atoms with Gasteiger partial charge >= 0.3 is 0 Å². The van der Waals surface area contributed by atoms with Gasteiger partial charge in [-0.2, -0.15) is 0 Å². The van der Waals surface area contributed by atoms with Gasteiger partial charge in [0.25, 0.3) is 0 Å². The van der Waals surface area contributed by atoms with Gasteiger partial charge in [0.05, 0.1) is 6.61 Å². The van der Waals surface area contributed by atoms with Crippen LogP contribution in [-0.2, 0) is 13.6 Å². The topological polar surface area (TPSA) is 47.9 Å². The van der Waals surface area contributed by atoms with Crippen molar-refractivity contribution in [3.63, 3.8) is 0 Å². The molecular weight excluding hydrogens is 495 g/mol. The third kappa shape index (κ3) is 5.51. The van der Waals surface area contributed by atoms with E-state index in [4.69, 9.17) is 13.6 Å². The Labute approximate surface area is 201 Å². The number of hydrogen-bond donors (Lipinski definition) is 1. The van der Waals surface area contributed by atoms with E-state index in [0.717, 1.165) is 0 Å². The van der Waals surface area contributed by atoms with Crippen molar-refractivity contribution in [2.24, 2.45) is 0 Å². The molecule has 0 radical (unpaired) electrons. The quantitative estimate of drug-likeness (QED) is 0.216. The van der Waals surface area contributed by atoms with Crippen LogP contribution in [0.5, 0.6) is 0 Å². The molecule has 1 heterocycles. The van der Waals surface area contributed by atoms with Gasteiger partial charge in [0.1, 0.15) is 12.2 Å². The molecule has 0 amide bonds. The van der Waals surface area contributed by atoms with Crippen LogP contribution in [-0.4, -0.2) is 51.4 Å². The predicted molar refractivity (Wildman–Crippen MR) is 137 cm³/mol. The normalized spacial score (nSPS) is 28.4. The van der Waals surface area contributed by atoms with E-state index in [-0.39, 0.29) is 6.61 Å². The van der Waals surface area contributed by atoms with E-state index < -0.39 is 39.7 Å². The monoisotopic (exact) mass is 542 g/mol. The number of rotatable bonds is 11. The fourth-order valence-electron chi connectivity index (χ4n) is 6.35. The third-order valence-corrected chi connectivity index (χ3v) is 20.6. The Morgan fingerprint density at radius 2 is 1.16 bits per heavy atom. The molecule has 0 aromatic carbocycles. The van der Waals surface area contributed by atoms with E-state index >= 15 is 4.39 Å². The van der Waals surface area contributed by atoms with Crippen molar-refractivity contribution in [1.82, 2.24) is 0 Å². The average molecular weight is 544 g/mol. The van der Waals surface area contributed by atoms with Gasteiger partial charge in [-0.1, -0.05) is 83.1 Å². The van der Waals surface area contributed by atoms with Gasteiger partial charge in [-0.15, -0.1) is 0 Å². The standard InChI is InChI=1S/C23H48BrFO4Si2/c1-14(2)30(15(3)4,16(5)6)27-13-20-21(23(24,25)22(26)28-20)29-31(17(7)8,18(9)10)19(11)12/h14-22,26H,13H2,1-12H3/t20-,21-,22?,23-/m1/s1. The van der Waals surface area contributed by atoms with Crippen molar-refractivity contribution in [3.8, 4) is 0 Å². The zero-order valence-electron chi connectivity index (χ0n) is 21.8. The Hall–Kier alpha value is 0.684. The summed E-state index contributed by atoms with van der Waals surface area (Å²) in [6, 6.07) is 0. The highest BCUT2D eigenvalue weighted by atomic mass is 79.9. The summed E-state index contributed by atoms with van der Waals surface area (Å²) in [7, 11) is -4.56. The minimum absolute atomic E-state index is 0.235. The second kappa shape index (κ2) is 11.0. The predicted octanol–water partition coefficient (Wildman–Crippen LogP) is 7.52. The molecule has 0 aliphatic carbocycles. The highest BCUT2D eigenvalue weighted by Gasteiger charge is 2.61. The molecule has 1 unspecified atom stereocenters. The summed E-state index contributed by atoms with van der Waals surface area (Å²) >= 11 is 3.13. The summed E-state index contributed by atoms with van der Waals surface area (Å²) in [6.07, 6.45) is -3.16. The first kappa shape index (κ1) is 29.7. The largest absolute Gasteiger partial charge is 0.413 e. The van der Waals surface area contributed by atoms with E-state index in [1.807, 2.05) is 0 Å². The molecule has 1 fully saturated rings. The number of aliphatic hydroxyl groups excluding tert-OH is 1. The summed E-state index contributed by atoms with van der Waals surface area (Å²) in [5, 5.41) is 10.4. The van der Waals surface area contributed by atoms with E-state index in [1.54, 1.807) is 0 Å². The minimum Gasteiger partial charge on any atom is -0.413 e. The average Bonchev–Trinajstić information content (AvgIpc) is 2.80. The lowest BCUT2D eigenvalue weighted by Gasteiger charge is -2.46. The van der Waals surface area contributed by atoms with Crippen molar-refractivity contribution in [3.05, 3.63) is 0 Å². The first-order valence-electron chi connectivity index (χ1n) is 12.0. The zero-order valence-corrected chi connectivity index (χ0v) is 25.4. The number of aliphatic hydroxyl groups is 1. The smallest absolute Gasteiger partial charge is 0.242 e. The first-order chi connectivity index (χ1) is 14.0. The van der Waals surface area contributed by atoms with Crippen LogP contribution in [0, 0.1) is 0 Å².